The molecular weight excluding hydrogens is 244 g/mol. The normalized spacial score (nSPS) is 17.9. The lowest BCUT2D eigenvalue weighted by Gasteiger charge is -2.23. The number of fused-ring (bicyclic) bond motifs is 1. The molecule has 1 unspecified atom stereocenters. The number of hydrogen-bond donors (Lipinski definition) is 0. The second kappa shape index (κ2) is 4.62. The van der Waals surface area contributed by atoms with Crippen molar-refractivity contribution in [1.82, 2.24) is 4.98 Å². The van der Waals surface area contributed by atoms with Crippen LogP contribution in [0.5, 0.6) is 0 Å². The molecule has 18 heavy (non-hydrogen) atoms. The molecule has 0 N–H and O–H groups in total. The van der Waals surface area contributed by atoms with Crippen LogP contribution in [0.15, 0.2) is 42.6 Å². The molecule has 2 aromatic rings. The van der Waals surface area contributed by atoms with Gasteiger partial charge < -0.3 is 4.90 Å². The molecule has 0 amide bonds. The molecule has 0 bridgehead atoms. The van der Waals surface area contributed by atoms with Gasteiger partial charge in [-0.2, -0.15) is 0 Å². The number of rotatable bonds is 2. The molecule has 1 aliphatic rings. The molecule has 1 atom stereocenters. The summed E-state index contributed by atoms with van der Waals surface area (Å²) in [6.45, 7) is 2.23. The van der Waals surface area contributed by atoms with Gasteiger partial charge in [0.25, 0.3) is 0 Å². The zero-order valence-electron chi connectivity index (χ0n) is 10.3. The van der Waals surface area contributed by atoms with E-state index in [-0.39, 0.29) is 0 Å². The summed E-state index contributed by atoms with van der Waals surface area (Å²) in [4.78, 5) is 6.82. The van der Waals surface area contributed by atoms with Crippen LogP contribution in [-0.4, -0.2) is 11.0 Å². The van der Waals surface area contributed by atoms with Crippen LogP contribution in [0, 0.1) is 0 Å². The van der Waals surface area contributed by atoms with E-state index in [1.54, 1.807) is 0 Å². The molecule has 3 rings (SSSR count). The number of halogens is 1. The van der Waals surface area contributed by atoms with Crippen LogP contribution in [0.25, 0.3) is 0 Å². The Morgan fingerprint density at radius 1 is 1.28 bits per heavy atom. The van der Waals surface area contributed by atoms with Gasteiger partial charge in [-0.05, 0) is 36.6 Å². The van der Waals surface area contributed by atoms with Gasteiger partial charge in [-0.3, -0.25) is 0 Å². The first kappa shape index (κ1) is 11.5. The third kappa shape index (κ3) is 1.87. The molecule has 1 aromatic heterocycles. The average molecular weight is 259 g/mol. The van der Waals surface area contributed by atoms with E-state index in [0.29, 0.717) is 11.9 Å². The van der Waals surface area contributed by atoms with Crippen LogP contribution in [0.4, 0.5) is 11.5 Å². The molecule has 0 spiro atoms. The van der Waals surface area contributed by atoms with Gasteiger partial charge in [0, 0.05) is 23.8 Å². The summed E-state index contributed by atoms with van der Waals surface area (Å²) in [6, 6.07) is 13.1. The molecular formula is C15H15ClN2. The number of benzene rings is 1. The number of aromatic nitrogens is 1. The van der Waals surface area contributed by atoms with Crippen molar-refractivity contribution in [1.29, 1.82) is 0 Å². The van der Waals surface area contributed by atoms with E-state index >= 15 is 0 Å². The van der Waals surface area contributed by atoms with Crippen molar-refractivity contribution < 1.29 is 0 Å². The lowest BCUT2D eigenvalue weighted by Crippen LogP contribution is -2.24. The Hall–Kier alpha value is -1.54. The van der Waals surface area contributed by atoms with Gasteiger partial charge in [-0.1, -0.05) is 24.3 Å². The van der Waals surface area contributed by atoms with Crippen molar-refractivity contribution in [3.8, 4) is 0 Å². The Kier molecular flexibility index (Phi) is 2.96. The molecule has 3 heteroatoms. The molecule has 0 saturated heterocycles. The maximum atomic E-state index is 5.80. The number of alkyl halides is 1. The summed E-state index contributed by atoms with van der Waals surface area (Å²) >= 11 is 5.80. The second-order valence-electron chi connectivity index (χ2n) is 4.71. The standard InChI is InChI=1S/C15H15ClN2/c1-11-8-13-4-2-3-5-14(13)18(11)15-7-6-12(9-16)10-17-15/h2-7,10-11H,8-9H2,1H3. The topological polar surface area (TPSA) is 16.1 Å². The van der Waals surface area contributed by atoms with Crippen molar-refractivity contribution in [3.63, 3.8) is 0 Å². The van der Waals surface area contributed by atoms with E-state index < -0.39 is 0 Å². The van der Waals surface area contributed by atoms with E-state index in [9.17, 15) is 0 Å². The predicted octanol–water partition coefficient (Wildman–Crippen LogP) is 3.90. The third-order valence-electron chi connectivity index (χ3n) is 3.42. The number of anilines is 2. The van der Waals surface area contributed by atoms with Crippen molar-refractivity contribution in [2.45, 2.75) is 25.3 Å². The highest BCUT2D eigenvalue weighted by atomic mass is 35.5. The lowest BCUT2D eigenvalue weighted by atomic mass is 10.1. The van der Waals surface area contributed by atoms with Crippen molar-refractivity contribution in [2.24, 2.45) is 0 Å². The van der Waals surface area contributed by atoms with E-state index in [2.05, 4.69) is 47.1 Å². The number of nitrogens with zero attached hydrogens (tertiary/aromatic N) is 2. The van der Waals surface area contributed by atoms with E-state index in [0.717, 1.165) is 17.8 Å². The first-order valence-electron chi connectivity index (χ1n) is 6.17. The highest BCUT2D eigenvalue weighted by Gasteiger charge is 2.27. The average Bonchev–Trinajstić information content (AvgIpc) is 2.75. The molecule has 92 valence electrons. The molecule has 2 heterocycles. The van der Waals surface area contributed by atoms with Gasteiger partial charge in [-0.25, -0.2) is 4.98 Å². The first-order valence-corrected chi connectivity index (χ1v) is 6.71. The van der Waals surface area contributed by atoms with Gasteiger partial charge in [0.05, 0.1) is 0 Å². The fourth-order valence-corrected chi connectivity index (χ4v) is 2.71. The fraction of sp³-hybridized carbons (Fsp3) is 0.267. The van der Waals surface area contributed by atoms with Crippen LogP contribution in [-0.2, 0) is 12.3 Å². The summed E-state index contributed by atoms with van der Waals surface area (Å²) < 4.78 is 0. The minimum atomic E-state index is 0.455. The Morgan fingerprint density at radius 2 is 2.11 bits per heavy atom. The summed E-state index contributed by atoms with van der Waals surface area (Å²) in [7, 11) is 0. The molecule has 2 nitrogen and oxygen atoms in total. The zero-order chi connectivity index (χ0) is 12.5. The monoisotopic (exact) mass is 258 g/mol. The van der Waals surface area contributed by atoms with Crippen molar-refractivity contribution in [3.05, 3.63) is 53.7 Å². The van der Waals surface area contributed by atoms with Gasteiger partial charge in [0.1, 0.15) is 5.82 Å². The smallest absolute Gasteiger partial charge is 0.133 e. The SMILES string of the molecule is CC1Cc2ccccc2N1c1ccc(CCl)cn1. The number of para-hydroxylation sites is 1. The van der Waals surface area contributed by atoms with Crippen molar-refractivity contribution in [2.75, 3.05) is 4.90 Å². The largest absolute Gasteiger partial charge is 0.323 e. The Balaban J connectivity index is 2.00. The zero-order valence-corrected chi connectivity index (χ0v) is 11.1. The molecule has 0 saturated carbocycles. The van der Waals surface area contributed by atoms with Gasteiger partial charge in [0.15, 0.2) is 0 Å². The maximum absolute atomic E-state index is 5.80. The predicted molar refractivity (Wildman–Crippen MR) is 75.5 cm³/mol. The minimum Gasteiger partial charge on any atom is -0.323 e. The molecule has 1 aliphatic heterocycles. The number of pyridine rings is 1. The maximum Gasteiger partial charge on any atom is 0.133 e. The van der Waals surface area contributed by atoms with E-state index in [1.807, 2.05) is 12.3 Å². The lowest BCUT2D eigenvalue weighted by molar-refractivity contribution is 0.750. The van der Waals surface area contributed by atoms with Crippen LogP contribution >= 0.6 is 11.6 Å². The van der Waals surface area contributed by atoms with E-state index in [1.165, 1.54) is 11.3 Å². The molecule has 0 aliphatic carbocycles. The van der Waals surface area contributed by atoms with Gasteiger partial charge >= 0.3 is 0 Å². The molecule has 1 aromatic carbocycles. The highest BCUT2D eigenvalue weighted by Crippen LogP contribution is 2.36. The Labute approximate surface area is 112 Å². The second-order valence-corrected chi connectivity index (χ2v) is 4.98. The van der Waals surface area contributed by atoms with Crippen LogP contribution in [0.2, 0.25) is 0 Å². The van der Waals surface area contributed by atoms with Crippen LogP contribution in [0.1, 0.15) is 18.1 Å². The quantitative estimate of drug-likeness (QED) is 0.760. The van der Waals surface area contributed by atoms with E-state index in [4.69, 9.17) is 11.6 Å². The Bertz CT molecular complexity index is 551. The van der Waals surface area contributed by atoms with Crippen molar-refractivity contribution >= 4 is 23.1 Å². The van der Waals surface area contributed by atoms with Crippen LogP contribution in [0.3, 0.4) is 0 Å². The summed E-state index contributed by atoms with van der Waals surface area (Å²) in [5, 5.41) is 0. The van der Waals surface area contributed by atoms with Gasteiger partial charge in [-0.15, -0.1) is 11.6 Å². The summed E-state index contributed by atoms with van der Waals surface area (Å²) in [6.07, 6.45) is 2.94. The molecule has 0 fully saturated rings. The Morgan fingerprint density at radius 3 is 2.83 bits per heavy atom. The van der Waals surface area contributed by atoms with Crippen LogP contribution < -0.4 is 4.90 Å². The molecule has 0 radical (unpaired) electrons. The third-order valence-corrected chi connectivity index (χ3v) is 3.73. The first-order chi connectivity index (χ1) is 8.79. The summed E-state index contributed by atoms with van der Waals surface area (Å²) in [5.74, 6) is 1.51. The number of hydrogen-bond acceptors (Lipinski definition) is 2. The fourth-order valence-electron chi connectivity index (χ4n) is 2.55. The highest BCUT2D eigenvalue weighted by molar-refractivity contribution is 6.17. The summed E-state index contributed by atoms with van der Waals surface area (Å²) in [5.41, 5.74) is 3.73. The van der Waals surface area contributed by atoms with Gasteiger partial charge in [0.2, 0.25) is 0 Å². The minimum absolute atomic E-state index is 0.455.